The first-order chi connectivity index (χ1) is 9.64. The third kappa shape index (κ3) is 7.09. The molecule has 0 saturated carbocycles. The molecule has 1 saturated heterocycles. The van der Waals surface area contributed by atoms with Crippen molar-refractivity contribution >= 4 is 8.07 Å². The summed E-state index contributed by atoms with van der Waals surface area (Å²) >= 11 is 0. The SMILES string of the molecule is CCCCCC/C(=C\[Si](C)(C)C)[C@@H](O)[C@H]1COC(C)(C)O1. The second-order valence-corrected chi connectivity index (χ2v) is 12.7. The molecule has 4 heteroatoms. The Morgan fingerprint density at radius 2 is 1.95 bits per heavy atom. The van der Waals surface area contributed by atoms with E-state index < -0.39 is 20.0 Å². The maximum Gasteiger partial charge on any atom is 0.163 e. The van der Waals surface area contributed by atoms with E-state index in [2.05, 4.69) is 32.3 Å². The van der Waals surface area contributed by atoms with Gasteiger partial charge in [-0.2, -0.15) is 0 Å². The molecule has 0 aliphatic carbocycles. The summed E-state index contributed by atoms with van der Waals surface area (Å²) in [5, 5.41) is 10.7. The lowest BCUT2D eigenvalue weighted by Gasteiger charge is -2.24. The van der Waals surface area contributed by atoms with Crippen LogP contribution in [0.3, 0.4) is 0 Å². The van der Waals surface area contributed by atoms with Gasteiger partial charge in [-0.25, -0.2) is 0 Å². The molecular formula is C17H34O3Si. The Labute approximate surface area is 131 Å². The van der Waals surface area contributed by atoms with Crippen molar-refractivity contribution in [3.63, 3.8) is 0 Å². The fourth-order valence-electron chi connectivity index (χ4n) is 2.73. The molecule has 0 spiro atoms. The molecule has 0 bridgehead atoms. The number of aliphatic hydroxyl groups excluding tert-OH is 1. The van der Waals surface area contributed by atoms with E-state index in [4.69, 9.17) is 9.47 Å². The van der Waals surface area contributed by atoms with Crippen LogP contribution in [0.25, 0.3) is 0 Å². The van der Waals surface area contributed by atoms with E-state index in [-0.39, 0.29) is 6.10 Å². The van der Waals surface area contributed by atoms with Gasteiger partial charge < -0.3 is 14.6 Å². The zero-order valence-corrected chi connectivity index (χ0v) is 15.7. The first kappa shape index (κ1) is 18.9. The highest BCUT2D eigenvalue weighted by Crippen LogP contribution is 2.29. The highest BCUT2D eigenvalue weighted by molar-refractivity contribution is 6.81. The van der Waals surface area contributed by atoms with Crippen LogP contribution in [0.1, 0.15) is 52.9 Å². The van der Waals surface area contributed by atoms with Crippen LogP contribution in [-0.2, 0) is 9.47 Å². The lowest BCUT2D eigenvalue weighted by Crippen LogP contribution is -2.33. The average Bonchev–Trinajstić information content (AvgIpc) is 2.71. The van der Waals surface area contributed by atoms with Crippen LogP contribution < -0.4 is 0 Å². The molecule has 2 atom stereocenters. The van der Waals surface area contributed by atoms with Gasteiger partial charge in [-0.1, -0.05) is 51.5 Å². The van der Waals surface area contributed by atoms with Gasteiger partial charge in [0.25, 0.3) is 0 Å². The predicted octanol–water partition coefficient (Wildman–Crippen LogP) is 4.27. The number of unbranched alkanes of at least 4 members (excludes halogenated alkanes) is 3. The summed E-state index contributed by atoms with van der Waals surface area (Å²) in [4.78, 5) is 0. The van der Waals surface area contributed by atoms with Crippen LogP contribution in [0, 0.1) is 0 Å². The van der Waals surface area contributed by atoms with Gasteiger partial charge in [-0.3, -0.25) is 0 Å². The monoisotopic (exact) mass is 314 g/mol. The Balaban J connectivity index is 2.69. The summed E-state index contributed by atoms with van der Waals surface area (Å²) in [6.07, 6.45) is 5.12. The third-order valence-corrected chi connectivity index (χ3v) is 4.94. The number of aliphatic hydroxyl groups is 1. The lowest BCUT2D eigenvalue weighted by molar-refractivity contribution is -0.148. The molecule has 1 aliphatic rings. The topological polar surface area (TPSA) is 38.7 Å². The Morgan fingerprint density at radius 1 is 1.29 bits per heavy atom. The number of ether oxygens (including phenoxy) is 2. The van der Waals surface area contributed by atoms with Crippen LogP contribution >= 0.6 is 0 Å². The van der Waals surface area contributed by atoms with E-state index in [1.807, 2.05) is 13.8 Å². The molecule has 1 aliphatic heterocycles. The van der Waals surface area contributed by atoms with Crippen LogP contribution in [0.2, 0.25) is 19.6 Å². The Kier molecular flexibility index (Phi) is 7.11. The number of hydrogen-bond acceptors (Lipinski definition) is 3. The quantitative estimate of drug-likeness (QED) is 0.537. The molecule has 3 nitrogen and oxygen atoms in total. The Morgan fingerprint density at radius 3 is 2.43 bits per heavy atom. The van der Waals surface area contributed by atoms with Crippen molar-refractivity contribution in [3.8, 4) is 0 Å². The van der Waals surface area contributed by atoms with Gasteiger partial charge >= 0.3 is 0 Å². The molecule has 1 fully saturated rings. The first-order valence-corrected chi connectivity index (χ1v) is 11.9. The Hall–Kier alpha value is -0.163. The van der Waals surface area contributed by atoms with E-state index in [1.54, 1.807) is 0 Å². The van der Waals surface area contributed by atoms with Gasteiger partial charge in [0.15, 0.2) is 5.79 Å². The van der Waals surface area contributed by atoms with E-state index >= 15 is 0 Å². The van der Waals surface area contributed by atoms with Crippen molar-refractivity contribution in [2.45, 2.75) is 90.5 Å². The zero-order chi connectivity index (χ0) is 16.1. The number of hydrogen-bond donors (Lipinski definition) is 1. The standard InChI is InChI=1S/C17H34O3Si/c1-7-8-9-10-11-14(13-21(4,5)6)16(18)15-12-19-17(2,3)20-15/h13,15-16,18H,7-12H2,1-6H3/b14-13+/t15-,16-/m1/s1. The van der Waals surface area contributed by atoms with Gasteiger partial charge in [0.2, 0.25) is 0 Å². The van der Waals surface area contributed by atoms with E-state index in [9.17, 15) is 5.11 Å². The van der Waals surface area contributed by atoms with Gasteiger partial charge in [-0.15, -0.1) is 0 Å². The highest BCUT2D eigenvalue weighted by atomic mass is 28.3. The lowest BCUT2D eigenvalue weighted by atomic mass is 10.00. The van der Waals surface area contributed by atoms with E-state index in [0.717, 1.165) is 18.4 Å². The molecule has 0 aromatic heterocycles. The van der Waals surface area contributed by atoms with Crippen LogP contribution in [0.5, 0.6) is 0 Å². The molecule has 0 aromatic rings. The third-order valence-electron chi connectivity index (χ3n) is 3.70. The predicted molar refractivity (Wildman–Crippen MR) is 91.1 cm³/mol. The zero-order valence-electron chi connectivity index (χ0n) is 14.7. The average molecular weight is 315 g/mol. The molecular weight excluding hydrogens is 280 g/mol. The smallest absolute Gasteiger partial charge is 0.163 e. The first-order valence-electron chi connectivity index (χ1n) is 8.36. The molecule has 0 unspecified atom stereocenters. The van der Waals surface area contributed by atoms with E-state index in [1.165, 1.54) is 19.3 Å². The second kappa shape index (κ2) is 7.91. The summed E-state index contributed by atoms with van der Waals surface area (Å²) in [6, 6.07) is 0. The molecule has 0 aromatic carbocycles. The summed E-state index contributed by atoms with van der Waals surface area (Å²) < 4.78 is 11.4. The molecule has 124 valence electrons. The van der Waals surface area contributed by atoms with Crippen molar-refractivity contribution in [1.82, 2.24) is 0 Å². The van der Waals surface area contributed by atoms with E-state index in [0.29, 0.717) is 6.61 Å². The summed E-state index contributed by atoms with van der Waals surface area (Å²) in [5.41, 5.74) is 3.51. The molecule has 0 amide bonds. The van der Waals surface area contributed by atoms with Gasteiger partial charge in [0, 0.05) is 0 Å². The van der Waals surface area contributed by atoms with Crippen molar-refractivity contribution in [2.75, 3.05) is 6.61 Å². The van der Waals surface area contributed by atoms with Crippen molar-refractivity contribution in [1.29, 1.82) is 0 Å². The maximum atomic E-state index is 10.7. The normalized spacial score (nSPS) is 24.3. The van der Waals surface area contributed by atoms with Crippen molar-refractivity contribution in [3.05, 3.63) is 11.3 Å². The Bertz CT molecular complexity index is 344. The fourth-order valence-corrected chi connectivity index (χ4v) is 4.15. The van der Waals surface area contributed by atoms with Crippen molar-refractivity contribution < 1.29 is 14.6 Å². The number of rotatable bonds is 8. The minimum absolute atomic E-state index is 0.228. The molecule has 1 N–H and O–H groups in total. The maximum absolute atomic E-state index is 10.7. The van der Waals surface area contributed by atoms with Crippen molar-refractivity contribution in [2.24, 2.45) is 0 Å². The van der Waals surface area contributed by atoms with Gasteiger partial charge in [-0.05, 0) is 32.3 Å². The largest absolute Gasteiger partial charge is 0.386 e. The van der Waals surface area contributed by atoms with Crippen LogP contribution in [0.4, 0.5) is 0 Å². The molecule has 1 heterocycles. The minimum atomic E-state index is -1.36. The van der Waals surface area contributed by atoms with Crippen LogP contribution in [0.15, 0.2) is 11.3 Å². The van der Waals surface area contributed by atoms with Gasteiger partial charge in [0.1, 0.15) is 12.2 Å². The summed E-state index contributed by atoms with van der Waals surface area (Å²) in [7, 11) is -1.36. The fraction of sp³-hybridized carbons (Fsp3) is 0.882. The summed E-state index contributed by atoms with van der Waals surface area (Å²) in [6.45, 7) is 13.4. The molecule has 0 radical (unpaired) electrons. The van der Waals surface area contributed by atoms with Gasteiger partial charge in [0.05, 0.1) is 14.7 Å². The minimum Gasteiger partial charge on any atom is -0.386 e. The second-order valence-electron chi connectivity index (χ2n) is 7.71. The molecule has 1 rings (SSSR count). The summed E-state index contributed by atoms with van der Waals surface area (Å²) in [5.74, 6) is -0.571. The molecule has 21 heavy (non-hydrogen) atoms. The highest BCUT2D eigenvalue weighted by Gasteiger charge is 2.38. The van der Waals surface area contributed by atoms with Crippen LogP contribution in [-0.4, -0.2) is 37.8 Å².